The van der Waals surface area contributed by atoms with E-state index in [9.17, 15) is 0 Å². The van der Waals surface area contributed by atoms with Gasteiger partial charge in [0, 0.05) is 25.3 Å². The Morgan fingerprint density at radius 1 is 1.35 bits per heavy atom. The first-order valence-corrected chi connectivity index (χ1v) is 7.63. The van der Waals surface area contributed by atoms with Gasteiger partial charge < -0.3 is 19.2 Å². The minimum atomic E-state index is 0.316. The third-order valence-electron chi connectivity index (χ3n) is 3.57. The van der Waals surface area contributed by atoms with Crippen LogP contribution in [0.4, 0.5) is 0 Å². The van der Waals surface area contributed by atoms with Crippen molar-refractivity contribution in [2.45, 2.75) is 52.9 Å². The van der Waals surface area contributed by atoms with Crippen molar-refractivity contribution >= 4 is 0 Å². The number of rotatable bonds is 7. The zero-order chi connectivity index (χ0) is 14.4. The molecule has 20 heavy (non-hydrogen) atoms. The van der Waals surface area contributed by atoms with Crippen molar-refractivity contribution < 1.29 is 13.9 Å². The summed E-state index contributed by atoms with van der Waals surface area (Å²) in [6, 6.07) is 2.11. The van der Waals surface area contributed by atoms with Crippen LogP contribution in [-0.4, -0.2) is 25.9 Å². The fourth-order valence-corrected chi connectivity index (χ4v) is 2.37. The molecule has 1 aromatic heterocycles. The third kappa shape index (κ3) is 4.93. The molecule has 114 valence electrons. The van der Waals surface area contributed by atoms with Gasteiger partial charge in [0.05, 0.1) is 6.10 Å². The molecule has 1 aliphatic rings. The Hall–Kier alpha value is -0.840. The molecular weight excluding hydrogens is 254 g/mol. The molecule has 0 amide bonds. The van der Waals surface area contributed by atoms with Crippen LogP contribution in [0.3, 0.4) is 0 Å². The van der Waals surface area contributed by atoms with Gasteiger partial charge >= 0.3 is 0 Å². The summed E-state index contributed by atoms with van der Waals surface area (Å²) < 4.78 is 17.0. The highest BCUT2D eigenvalue weighted by atomic mass is 16.5. The van der Waals surface area contributed by atoms with Crippen molar-refractivity contribution in [1.82, 2.24) is 5.32 Å². The first-order valence-electron chi connectivity index (χ1n) is 7.63. The lowest BCUT2D eigenvalue weighted by atomic mass is 10.1. The molecule has 1 aromatic rings. The monoisotopic (exact) mass is 281 g/mol. The van der Waals surface area contributed by atoms with Gasteiger partial charge in [-0.05, 0) is 38.3 Å². The zero-order valence-electron chi connectivity index (χ0n) is 12.9. The maximum atomic E-state index is 5.89. The maximum absolute atomic E-state index is 5.89. The Morgan fingerprint density at radius 2 is 2.10 bits per heavy atom. The van der Waals surface area contributed by atoms with Crippen LogP contribution in [0, 0.1) is 12.8 Å². The Bertz CT molecular complexity index is 394. The Balaban J connectivity index is 1.77. The largest absolute Gasteiger partial charge is 0.464 e. The van der Waals surface area contributed by atoms with Gasteiger partial charge in [-0.25, -0.2) is 0 Å². The topological polar surface area (TPSA) is 43.6 Å². The van der Waals surface area contributed by atoms with E-state index in [4.69, 9.17) is 13.9 Å². The SMILES string of the molecule is Cc1oc(COC2CCOCC2)cc1CNCC(C)C. The van der Waals surface area contributed by atoms with Gasteiger partial charge in [0.2, 0.25) is 0 Å². The second-order valence-corrected chi connectivity index (χ2v) is 5.94. The van der Waals surface area contributed by atoms with Crippen LogP contribution in [0.15, 0.2) is 10.5 Å². The van der Waals surface area contributed by atoms with E-state index < -0.39 is 0 Å². The lowest BCUT2D eigenvalue weighted by molar-refractivity contribution is -0.0435. The average Bonchev–Trinajstić information content (AvgIpc) is 2.78. The molecule has 0 saturated carbocycles. The summed E-state index contributed by atoms with van der Waals surface area (Å²) in [5, 5.41) is 3.44. The van der Waals surface area contributed by atoms with Gasteiger partial charge in [-0.3, -0.25) is 0 Å². The van der Waals surface area contributed by atoms with Crippen LogP contribution in [0.2, 0.25) is 0 Å². The van der Waals surface area contributed by atoms with Crippen LogP contribution in [0.25, 0.3) is 0 Å². The molecule has 4 heteroatoms. The first-order chi connectivity index (χ1) is 9.65. The number of hydrogen-bond acceptors (Lipinski definition) is 4. The van der Waals surface area contributed by atoms with Crippen molar-refractivity contribution in [1.29, 1.82) is 0 Å². The van der Waals surface area contributed by atoms with Crippen LogP contribution < -0.4 is 5.32 Å². The van der Waals surface area contributed by atoms with Crippen LogP contribution >= 0.6 is 0 Å². The van der Waals surface area contributed by atoms with E-state index in [1.165, 1.54) is 5.56 Å². The zero-order valence-corrected chi connectivity index (χ0v) is 12.9. The molecule has 1 fully saturated rings. The van der Waals surface area contributed by atoms with Crippen molar-refractivity contribution in [2.24, 2.45) is 5.92 Å². The summed E-state index contributed by atoms with van der Waals surface area (Å²) in [6.45, 7) is 10.5. The van der Waals surface area contributed by atoms with E-state index in [-0.39, 0.29) is 0 Å². The highest BCUT2D eigenvalue weighted by molar-refractivity contribution is 5.20. The van der Waals surface area contributed by atoms with Crippen molar-refractivity contribution in [3.63, 3.8) is 0 Å². The summed E-state index contributed by atoms with van der Waals surface area (Å²) in [5.41, 5.74) is 1.23. The predicted molar refractivity (Wildman–Crippen MR) is 78.6 cm³/mol. The summed E-state index contributed by atoms with van der Waals surface area (Å²) in [4.78, 5) is 0. The standard InChI is InChI=1S/C16H27NO3/c1-12(2)9-17-10-14-8-16(20-13(14)3)11-19-15-4-6-18-7-5-15/h8,12,15,17H,4-7,9-11H2,1-3H3. The Kier molecular flexibility index (Phi) is 6.07. The van der Waals surface area contributed by atoms with Crippen molar-refractivity contribution in [3.05, 3.63) is 23.2 Å². The minimum absolute atomic E-state index is 0.316. The summed E-state index contributed by atoms with van der Waals surface area (Å²) >= 11 is 0. The second kappa shape index (κ2) is 7.81. The Labute approximate surface area is 121 Å². The molecule has 2 heterocycles. The molecule has 0 aliphatic carbocycles. The fraction of sp³-hybridized carbons (Fsp3) is 0.750. The molecule has 0 spiro atoms. The van der Waals surface area contributed by atoms with E-state index in [1.54, 1.807) is 0 Å². The molecule has 1 aliphatic heterocycles. The van der Waals surface area contributed by atoms with Gasteiger partial charge in [0.15, 0.2) is 0 Å². The first kappa shape index (κ1) is 15.5. The van der Waals surface area contributed by atoms with Gasteiger partial charge in [-0.15, -0.1) is 0 Å². The third-order valence-corrected chi connectivity index (χ3v) is 3.57. The molecule has 4 nitrogen and oxygen atoms in total. The fourth-order valence-electron chi connectivity index (χ4n) is 2.37. The van der Waals surface area contributed by atoms with E-state index in [0.717, 1.165) is 50.7 Å². The molecular formula is C16H27NO3. The highest BCUT2D eigenvalue weighted by Gasteiger charge is 2.15. The highest BCUT2D eigenvalue weighted by Crippen LogP contribution is 2.18. The Morgan fingerprint density at radius 3 is 2.80 bits per heavy atom. The predicted octanol–water partition coefficient (Wildman–Crippen LogP) is 3.03. The lowest BCUT2D eigenvalue weighted by Gasteiger charge is -2.21. The van der Waals surface area contributed by atoms with Gasteiger partial charge in [-0.2, -0.15) is 0 Å². The summed E-state index contributed by atoms with van der Waals surface area (Å²) in [5.74, 6) is 2.58. The van der Waals surface area contributed by atoms with E-state index in [1.807, 2.05) is 6.92 Å². The molecule has 0 radical (unpaired) electrons. The van der Waals surface area contributed by atoms with Gasteiger partial charge in [0.1, 0.15) is 18.1 Å². The molecule has 2 rings (SSSR count). The van der Waals surface area contributed by atoms with Gasteiger partial charge in [0.25, 0.3) is 0 Å². The normalized spacial score (nSPS) is 17.0. The molecule has 0 aromatic carbocycles. The maximum Gasteiger partial charge on any atom is 0.130 e. The van der Waals surface area contributed by atoms with Gasteiger partial charge in [-0.1, -0.05) is 13.8 Å². The smallest absolute Gasteiger partial charge is 0.130 e. The number of aryl methyl sites for hydroxylation is 1. The molecule has 0 unspecified atom stereocenters. The number of hydrogen-bond donors (Lipinski definition) is 1. The second-order valence-electron chi connectivity index (χ2n) is 5.94. The van der Waals surface area contributed by atoms with Crippen LogP contribution in [-0.2, 0) is 22.6 Å². The van der Waals surface area contributed by atoms with Crippen LogP contribution in [0.1, 0.15) is 43.8 Å². The van der Waals surface area contributed by atoms with E-state index in [0.29, 0.717) is 18.6 Å². The average molecular weight is 281 g/mol. The van der Waals surface area contributed by atoms with Crippen LogP contribution in [0.5, 0.6) is 0 Å². The summed E-state index contributed by atoms with van der Waals surface area (Å²) in [7, 11) is 0. The number of nitrogens with one attached hydrogen (secondary N) is 1. The quantitative estimate of drug-likeness (QED) is 0.834. The molecule has 1 saturated heterocycles. The lowest BCUT2D eigenvalue weighted by Crippen LogP contribution is -2.23. The number of furan rings is 1. The number of ether oxygens (including phenoxy) is 2. The minimum Gasteiger partial charge on any atom is -0.464 e. The molecule has 0 atom stereocenters. The molecule has 1 N–H and O–H groups in total. The van der Waals surface area contributed by atoms with Crippen molar-refractivity contribution in [2.75, 3.05) is 19.8 Å². The summed E-state index contributed by atoms with van der Waals surface area (Å²) in [6.07, 6.45) is 2.29. The van der Waals surface area contributed by atoms with E-state index in [2.05, 4.69) is 25.2 Å². The molecule has 0 bridgehead atoms. The van der Waals surface area contributed by atoms with Crippen molar-refractivity contribution in [3.8, 4) is 0 Å². The van der Waals surface area contributed by atoms with E-state index >= 15 is 0 Å².